The standard InChI is InChI=1S/C19H20F6N2/c1-11(2)16(26)17(27,12-3-7-14(8-4-12)18(20,21)22)13-5-9-15(10-6-13)19(23,24)25/h3-11,16H,26-27H2,1-2H3/t16-/m0/s1. The third-order valence-corrected chi connectivity index (χ3v) is 4.62. The molecule has 0 aliphatic rings. The van der Waals surface area contributed by atoms with Crippen LogP contribution in [0.25, 0.3) is 0 Å². The largest absolute Gasteiger partial charge is 0.416 e. The van der Waals surface area contributed by atoms with Gasteiger partial charge < -0.3 is 11.5 Å². The van der Waals surface area contributed by atoms with Gasteiger partial charge in [0.15, 0.2) is 0 Å². The topological polar surface area (TPSA) is 52.0 Å². The van der Waals surface area contributed by atoms with Gasteiger partial charge in [-0.05, 0) is 41.3 Å². The second-order valence-electron chi connectivity index (χ2n) is 6.79. The molecule has 0 radical (unpaired) electrons. The van der Waals surface area contributed by atoms with E-state index in [1.807, 2.05) is 0 Å². The molecule has 0 saturated carbocycles. The molecule has 0 heterocycles. The third kappa shape index (κ3) is 4.27. The molecule has 27 heavy (non-hydrogen) atoms. The normalized spacial score (nSPS) is 14.5. The fourth-order valence-corrected chi connectivity index (χ4v) is 2.95. The fourth-order valence-electron chi connectivity index (χ4n) is 2.95. The molecule has 2 aromatic carbocycles. The Bertz CT molecular complexity index is 703. The van der Waals surface area contributed by atoms with Gasteiger partial charge in [-0.3, -0.25) is 0 Å². The highest BCUT2D eigenvalue weighted by Gasteiger charge is 2.40. The van der Waals surface area contributed by atoms with Gasteiger partial charge in [0.05, 0.1) is 16.7 Å². The molecule has 0 aliphatic heterocycles. The Hall–Kier alpha value is -2.06. The molecular formula is C19H20F6N2. The Morgan fingerprint density at radius 1 is 0.630 bits per heavy atom. The van der Waals surface area contributed by atoms with Crippen molar-refractivity contribution >= 4 is 0 Å². The Morgan fingerprint density at radius 2 is 0.889 bits per heavy atom. The van der Waals surface area contributed by atoms with E-state index in [9.17, 15) is 26.3 Å². The van der Waals surface area contributed by atoms with Crippen LogP contribution in [0.5, 0.6) is 0 Å². The van der Waals surface area contributed by atoms with Gasteiger partial charge in [0.25, 0.3) is 0 Å². The highest BCUT2D eigenvalue weighted by molar-refractivity contribution is 5.43. The predicted molar refractivity (Wildman–Crippen MR) is 90.7 cm³/mol. The van der Waals surface area contributed by atoms with E-state index in [0.29, 0.717) is 0 Å². The van der Waals surface area contributed by atoms with E-state index >= 15 is 0 Å². The van der Waals surface area contributed by atoms with Gasteiger partial charge in [-0.15, -0.1) is 0 Å². The number of benzene rings is 2. The Kier molecular flexibility index (Phi) is 5.64. The van der Waals surface area contributed by atoms with Crippen molar-refractivity contribution in [1.29, 1.82) is 0 Å². The molecule has 0 aromatic heterocycles. The minimum atomic E-state index is -4.51. The van der Waals surface area contributed by atoms with Crippen molar-refractivity contribution in [3.63, 3.8) is 0 Å². The molecule has 4 N–H and O–H groups in total. The first-order valence-corrected chi connectivity index (χ1v) is 8.18. The number of alkyl halides is 6. The summed E-state index contributed by atoms with van der Waals surface area (Å²) < 4.78 is 76.9. The van der Waals surface area contributed by atoms with E-state index in [4.69, 9.17) is 11.5 Å². The zero-order chi connectivity index (χ0) is 20.6. The number of halogens is 6. The van der Waals surface area contributed by atoms with Crippen molar-refractivity contribution in [2.45, 2.75) is 37.8 Å². The maximum absolute atomic E-state index is 12.8. The van der Waals surface area contributed by atoms with Crippen LogP contribution in [-0.2, 0) is 17.9 Å². The number of rotatable bonds is 4. The maximum Gasteiger partial charge on any atom is 0.416 e. The minimum Gasteiger partial charge on any atom is -0.325 e. The van der Waals surface area contributed by atoms with Crippen LogP contribution in [0, 0.1) is 5.92 Å². The van der Waals surface area contributed by atoms with Crippen molar-refractivity contribution in [3.8, 4) is 0 Å². The zero-order valence-corrected chi connectivity index (χ0v) is 14.7. The zero-order valence-electron chi connectivity index (χ0n) is 14.7. The average Bonchev–Trinajstić information content (AvgIpc) is 2.59. The van der Waals surface area contributed by atoms with Crippen LogP contribution >= 0.6 is 0 Å². The molecular weight excluding hydrogens is 370 g/mol. The fraction of sp³-hybridized carbons (Fsp3) is 0.368. The van der Waals surface area contributed by atoms with Gasteiger partial charge >= 0.3 is 12.4 Å². The van der Waals surface area contributed by atoms with Crippen LogP contribution < -0.4 is 11.5 Å². The van der Waals surface area contributed by atoms with Crippen LogP contribution in [0.15, 0.2) is 48.5 Å². The molecule has 0 saturated heterocycles. The minimum absolute atomic E-state index is 0.181. The molecule has 0 bridgehead atoms. The summed E-state index contributed by atoms with van der Waals surface area (Å²) in [6, 6.07) is 7.63. The van der Waals surface area contributed by atoms with Gasteiger partial charge in [-0.2, -0.15) is 26.3 Å². The van der Waals surface area contributed by atoms with E-state index in [0.717, 1.165) is 24.3 Å². The highest BCUT2D eigenvalue weighted by Crippen LogP contribution is 2.37. The second kappa shape index (κ2) is 7.16. The molecule has 2 nitrogen and oxygen atoms in total. The van der Waals surface area contributed by atoms with Crippen molar-refractivity contribution in [2.75, 3.05) is 0 Å². The van der Waals surface area contributed by atoms with E-state index in [1.165, 1.54) is 24.3 Å². The van der Waals surface area contributed by atoms with Crippen molar-refractivity contribution in [2.24, 2.45) is 17.4 Å². The third-order valence-electron chi connectivity index (χ3n) is 4.62. The predicted octanol–water partition coefficient (Wildman–Crippen LogP) is 4.91. The lowest BCUT2D eigenvalue weighted by Gasteiger charge is -2.39. The smallest absolute Gasteiger partial charge is 0.325 e. The summed E-state index contributed by atoms with van der Waals surface area (Å²) >= 11 is 0. The lowest BCUT2D eigenvalue weighted by Crippen LogP contribution is -2.55. The molecule has 2 rings (SSSR count). The molecule has 0 amide bonds. The maximum atomic E-state index is 12.8. The Morgan fingerprint density at radius 3 is 1.11 bits per heavy atom. The lowest BCUT2D eigenvalue weighted by atomic mass is 9.74. The van der Waals surface area contributed by atoms with E-state index in [2.05, 4.69) is 0 Å². The summed E-state index contributed by atoms with van der Waals surface area (Å²) in [4.78, 5) is 0. The second-order valence-corrected chi connectivity index (χ2v) is 6.79. The Balaban J connectivity index is 2.56. The lowest BCUT2D eigenvalue weighted by molar-refractivity contribution is -0.138. The highest BCUT2D eigenvalue weighted by atomic mass is 19.4. The van der Waals surface area contributed by atoms with Crippen LogP contribution in [0.4, 0.5) is 26.3 Å². The van der Waals surface area contributed by atoms with E-state index in [1.54, 1.807) is 13.8 Å². The van der Waals surface area contributed by atoms with E-state index in [-0.39, 0.29) is 17.0 Å². The summed E-state index contributed by atoms with van der Waals surface area (Å²) in [6.07, 6.45) is -9.02. The summed E-state index contributed by atoms with van der Waals surface area (Å²) in [5, 5.41) is 0. The summed E-state index contributed by atoms with van der Waals surface area (Å²) in [7, 11) is 0. The van der Waals surface area contributed by atoms with Gasteiger partial charge in [-0.1, -0.05) is 38.1 Å². The summed E-state index contributed by atoms with van der Waals surface area (Å²) in [6.45, 7) is 3.56. The number of nitrogens with two attached hydrogens (primary N) is 2. The van der Waals surface area contributed by atoms with Crippen LogP contribution in [-0.4, -0.2) is 6.04 Å². The molecule has 0 spiro atoms. The first-order chi connectivity index (χ1) is 12.3. The summed E-state index contributed by atoms with van der Waals surface area (Å²) in [5.74, 6) is -0.181. The van der Waals surface area contributed by atoms with Gasteiger partial charge in [0.1, 0.15) is 0 Å². The van der Waals surface area contributed by atoms with E-state index < -0.39 is 35.1 Å². The van der Waals surface area contributed by atoms with Gasteiger partial charge in [0.2, 0.25) is 0 Å². The average molecular weight is 390 g/mol. The number of hydrogen-bond acceptors (Lipinski definition) is 2. The van der Waals surface area contributed by atoms with Crippen molar-refractivity contribution in [3.05, 3.63) is 70.8 Å². The molecule has 0 unspecified atom stereocenters. The summed E-state index contributed by atoms with van der Waals surface area (Å²) in [5.41, 5.74) is 10.2. The van der Waals surface area contributed by atoms with Crippen molar-refractivity contribution in [1.82, 2.24) is 0 Å². The van der Waals surface area contributed by atoms with Gasteiger partial charge in [0, 0.05) is 6.04 Å². The van der Waals surface area contributed by atoms with Crippen molar-refractivity contribution < 1.29 is 26.3 Å². The van der Waals surface area contributed by atoms with Crippen LogP contribution in [0.3, 0.4) is 0 Å². The molecule has 1 atom stereocenters. The SMILES string of the molecule is CC(C)[C@H](N)C(N)(c1ccc(C(F)(F)F)cc1)c1ccc(C(F)(F)F)cc1. The van der Waals surface area contributed by atoms with Gasteiger partial charge in [-0.25, -0.2) is 0 Å². The molecule has 148 valence electrons. The van der Waals surface area contributed by atoms with Crippen LogP contribution in [0.2, 0.25) is 0 Å². The van der Waals surface area contributed by atoms with Crippen LogP contribution in [0.1, 0.15) is 36.1 Å². The quantitative estimate of drug-likeness (QED) is 0.729. The first-order valence-electron chi connectivity index (χ1n) is 8.18. The molecule has 8 heteroatoms. The first kappa shape index (κ1) is 21.2. The molecule has 0 fully saturated rings. The number of hydrogen-bond donors (Lipinski definition) is 2. The monoisotopic (exact) mass is 390 g/mol. The Labute approximate surface area is 153 Å². The molecule has 2 aromatic rings. The molecule has 0 aliphatic carbocycles.